The molecular formula is C16H17ClN2O2. The van der Waals surface area contributed by atoms with Gasteiger partial charge in [0.2, 0.25) is 0 Å². The molecule has 0 fully saturated rings. The van der Waals surface area contributed by atoms with Crippen molar-refractivity contribution in [2.24, 2.45) is 0 Å². The van der Waals surface area contributed by atoms with Crippen LogP contribution in [0, 0.1) is 6.92 Å². The maximum absolute atomic E-state index is 12.3. The highest BCUT2D eigenvalue weighted by Gasteiger charge is 2.21. The van der Waals surface area contributed by atoms with E-state index in [1.165, 1.54) is 4.90 Å². The predicted octanol–water partition coefficient (Wildman–Crippen LogP) is 2.74. The quantitative estimate of drug-likeness (QED) is 0.945. The third-order valence-corrected chi connectivity index (χ3v) is 3.55. The number of carbonyl (C=O) groups is 1. The number of nitrogens with zero attached hydrogens (tertiary/aromatic N) is 2. The van der Waals surface area contributed by atoms with E-state index in [4.69, 9.17) is 11.6 Å². The number of hydrogen-bond acceptors (Lipinski definition) is 3. The summed E-state index contributed by atoms with van der Waals surface area (Å²) in [7, 11) is 1.66. The summed E-state index contributed by atoms with van der Waals surface area (Å²) in [5.41, 5.74) is 2.50. The lowest BCUT2D eigenvalue weighted by atomic mass is 10.1. The van der Waals surface area contributed by atoms with Crippen LogP contribution in [0.5, 0.6) is 0 Å². The van der Waals surface area contributed by atoms with Gasteiger partial charge in [0.25, 0.3) is 5.91 Å². The molecule has 1 heterocycles. The number of aryl methyl sites for hydroxylation is 1. The van der Waals surface area contributed by atoms with Crippen molar-refractivity contribution in [3.8, 4) is 0 Å². The van der Waals surface area contributed by atoms with Gasteiger partial charge < -0.3 is 10.0 Å². The summed E-state index contributed by atoms with van der Waals surface area (Å²) >= 11 is 5.88. The van der Waals surface area contributed by atoms with E-state index >= 15 is 0 Å². The molecule has 1 aromatic heterocycles. The molecule has 1 N–H and O–H groups in total. The van der Waals surface area contributed by atoms with Crippen molar-refractivity contribution in [3.05, 3.63) is 64.4 Å². The van der Waals surface area contributed by atoms with E-state index in [0.29, 0.717) is 17.1 Å². The zero-order valence-electron chi connectivity index (χ0n) is 12.0. The molecule has 0 radical (unpaired) electrons. The third-order valence-electron chi connectivity index (χ3n) is 3.32. The molecule has 2 aromatic rings. The molecule has 0 saturated carbocycles. The number of pyridine rings is 1. The van der Waals surface area contributed by atoms with Gasteiger partial charge in [-0.3, -0.25) is 9.78 Å². The van der Waals surface area contributed by atoms with Gasteiger partial charge in [-0.05, 0) is 41.8 Å². The first-order valence-electron chi connectivity index (χ1n) is 6.57. The van der Waals surface area contributed by atoms with Gasteiger partial charge in [0, 0.05) is 31.0 Å². The average Bonchev–Trinajstić information content (AvgIpc) is 2.48. The number of rotatable bonds is 4. The Labute approximate surface area is 129 Å². The minimum atomic E-state index is -1.21. The molecule has 0 aliphatic heterocycles. The summed E-state index contributed by atoms with van der Waals surface area (Å²) in [6.07, 6.45) is 2.23. The molecule has 1 amide bonds. The number of aliphatic hydroxyl groups excluding tert-OH is 1. The molecule has 0 unspecified atom stereocenters. The number of aliphatic hydroxyl groups is 1. The maximum Gasteiger partial charge on any atom is 0.256 e. The molecule has 0 bridgehead atoms. The molecule has 1 aromatic carbocycles. The number of aromatic nitrogens is 1. The number of halogens is 1. The number of hydrogen-bond donors (Lipinski definition) is 1. The topological polar surface area (TPSA) is 53.4 Å². The normalized spacial score (nSPS) is 12.0. The molecule has 0 aliphatic carbocycles. The highest BCUT2D eigenvalue weighted by molar-refractivity contribution is 6.30. The van der Waals surface area contributed by atoms with Crippen molar-refractivity contribution >= 4 is 17.5 Å². The first kappa shape index (κ1) is 15.5. The second kappa shape index (κ2) is 6.70. The maximum atomic E-state index is 12.3. The van der Waals surface area contributed by atoms with E-state index in [0.717, 1.165) is 11.1 Å². The summed E-state index contributed by atoms with van der Waals surface area (Å²) in [4.78, 5) is 17.8. The van der Waals surface area contributed by atoms with Crippen LogP contribution in [0.3, 0.4) is 0 Å². The minimum absolute atomic E-state index is 0.367. The van der Waals surface area contributed by atoms with Crippen molar-refractivity contribution in [2.45, 2.75) is 19.6 Å². The number of likely N-dealkylation sites (N-methyl/N-ethyl adjacent to an activating group) is 1. The van der Waals surface area contributed by atoms with E-state index in [-0.39, 0.29) is 5.91 Å². The summed E-state index contributed by atoms with van der Waals surface area (Å²) in [6, 6.07) is 8.55. The fourth-order valence-corrected chi connectivity index (χ4v) is 2.24. The molecule has 21 heavy (non-hydrogen) atoms. The fourth-order valence-electron chi connectivity index (χ4n) is 2.04. The Morgan fingerprint density at radius 3 is 2.86 bits per heavy atom. The standard InChI is InChI=1S/C16H17ClN2O2/c1-11-9-18-7-6-13(11)10-19(2)16(21)15(20)12-4-3-5-14(17)8-12/h3-9,15,20H,10H2,1-2H3/t15-/m0/s1. The third kappa shape index (κ3) is 3.80. The smallest absolute Gasteiger partial charge is 0.256 e. The monoisotopic (exact) mass is 304 g/mol. The Balaban J connectivity index is 2.10. The lowest BCUT2D eigenvalue weighted by molar-refractivity contribution is -0.139. The second-order valence-electron chi connectivity index (χ2n) is 4.95. The Kier molecular flexibility index (Phi) is 4.94. The highest BCUT2D eigenvalue weighted by Crippen LogP contribution is 2.20. The lowest BCUT2D eigenvalue weighted by Gasteiger charge is -2.21. The highest BCUT2D eigenvalue weighted by atomic mass is 35.5. The molecule has 0 aliphatic rings. The Morgan fingerprint density at radius 1 is 1.43 bits per heavy atom. The van der Waals surface area contributed by atoms with Crippen LogP contribution >= 0.6 is 11.6 Å². The Morgan fingerprint density at radius 2 is 2.19 bits per heavy atom. The van der Waals surface area contributed by atoms with Crippen molar-refractivity contribution < 1.29 is 9.90 Å². The van der Waals surface area contributed by atoms with Crippen molar-refractivity contribution in [1.29, 1.82) is 0 Å². The van der Waals surface area contributed by atoms with Crippen LogP contribution in [-0.4, -0.2) is 27.9 Å². The van der Waals surface area contributed by atoms with Crippen LogP contribution in [0.4, 0.5) is 0 Å². The first-order valence-corrected chi connectivity index (χ1v) is 6.95. The second-order valence-corrected chi connectivity index (χ2v) is 5.39. The average molecular weight is 305 g/mol. The molecule has 4 nitrogen and oxygen atoms in total. The van der Waals surface area contributed by atoms with Crippen LogP contribution < -0.4 is 0 Å². The van der Waals surface area contributed by atoms with E-state index in [2.05, 4.69) is 4.98 Å². The Hall–Kier alpha value is -1.91. The number of carbonyl (C=O) groups excluding carboxylic acids is 1. The first-order chi connectivity index (χ1) is 9.99. The van der Waals surface area contributed by atoms with Gasteiger partial charge in [-0.25, -0.2) is 0 Å². The van der Waals surface area contributed by atoms with Gasteiger partial charge in [-0.15, -0.1) is 0 Å². The molecule has 2 rings (SSSR count). The largest absolute Gasteiger partial charge is 0.378 e. The van der Waals surface area contributed by atoms with E-state index in [9.17, 15) is 9.90 Å². The summed E-state index contributed by atoms with van der Waals surface area (Å²) in [6.45, 7) is 2.36. The van der Waals surface area contributed by atoms with Crippen LogP contribution in [0.1, 0.15) is 22.8 Å². The van der Waals surface area contributed by atoms with E-state index in [1.54, 1.807) is 43.7 Å². The van der Waals surface area contributed by atoms with E-state index < -0.39 is 6.10 Å². The minimum Gasteiger partial charge on any atom is -0.378 e. The number of benzene rings is 1. The summed E-state index contributed by atoms with van der Waals surface area (Å²) in [5.74, 6) is -0.367. The fraction of sp³-hybridized carbons (Fsp3) is 0.250. The molecule has 110 valence electrons. The van der Waals surface area contributed by atoms with Crippen LogP contribution in [0.2, 0.25) is 5.02 Å². The summed E-state index contributed by atoms with van der Waals surface area (Å²) < 4.78 is 0. The molecule has 1 atom stereocenters. The lowest BCUT2D eigenvalue weighted by Crippen LogP contribution is -2.31. The summed E-state index contributed by atoms with van der Waals surface area (Å²) in [5, 5.41) is 10.7. The van der Waals surface area contributed by atoms with Gasteiger partial charge in [-0.2, -0.15) is 0 Å². The van der Waals surface area contributed by atoms with Gasteiger partial charge >= 0.3 is 0 Å². The van der Waals surface area contributed by atoms with Crippen molar-refractivity contribution in [2.75, 3.05) is 7.05 Å². The Bertz CT molecular complexity index is 646. The van der Waals surface area contributed by atoms with Crippen LogP contribution in [-0.2, 0) is 11.3 Å². The molecular weight excluding hydrogens is 288 g/mol. The van der Waals surface area contributed by atoms with Gasteiger partial charge in [0.15, 0.2) is 6.10 Å². The van der Waals surface area contributed by atoms with Crippen molar-refractivity contribution in [1.82, 2.24) is 9.88 Å². The van der Waals surface area contributed by atoms with Gasteiger partial charge in [0.1, 0.15) is 0 Å². The predicted molar refractivity (Wildman–Crippen MR) is 81.9 cm³/mol. The van der Waals surface area contributed by atoms with Gasteiger partial charge in [0.05, 0.1) is 0 Å². The van der Waals surface area contributed by atoms with Crippen LogP contribution in [0.25, 0.3) is 0 Å². The van der Waals surface area contributed by atoms with Crippen LogP contribution in [0.15, 0.2) is 42.7 Å². The molecule has 0 saturated heterocycles. The molecule has 5 heteroatoms. The zero-order chi connectivity index (χ0) is 15.4. The number of amides is 1. The van der Waals surface area contributed by atoms with Gasteiger partial charge in [-0.1, -0.05) is 23.7 Å². The SMILES string of the molecule is Cc1cnccc1CN(C)C(=O)[C@@H](O)c1cccc(Cl)c1. The van der Waals surface area contributed by atoms with E-state index in [1.807, 2.05) is 13.0 Å². The van der Waals surface area contributed by atoms with Crippen molar-refractivity contribution in [3.63, 3.8) is 0 Å². The zero-order valence-corrected chi connectivity index (χ0v) is 12.7. The molecule has 0 spiro atoms.